The summed E-state index contributed by atoms with van der Waals surface area (Å²) < 4.78 is 5.53. The number of carbonyl (C=O) groups is 2. The van der Waals surface area contributed by atoms with E-state index >= 15 is 0 Å². The number of hydrogen-bond acceptors (Lipinski definition) is 4. The third-order valence-corrected chi connectivity index (χ3v) is 4.01. The topological polar surface area (TPSA) is 80.3 Å². The quantitative estimate of drug-likeness (QED) is 0.632. The molecule has 28 heavy (non-hydrogen) atoms. The van der Waals surface area contributed by atoms with Gasteiger partial charge < -0.3 is 15.4 Å². The van der Waals surface area contributed by atoms with Gasteiger partial charge in [0.05, 0.1) is 18.6 Å². The van der Waals surface area contributed by atoms with Crippen molar-refractivity contribution in [2.45, 2.75) is 13.0 Å². The molecule has 0 fully saturated rings. The number of carbonyl (C=O) groups excluding carboxylic acids is 2. The summed E-state index contributed by atoms with van der Waals surface area (Å²) in [6.45, 7) is 0.614. The maximum Gasteiger partial charge on any atom is 0.257 e. The number of nitrogens with one attached hydrogen (secondary N) is 2. The van der Waals surface area contributed by atoms with E-state index in [9.17, 15) is 9.59 Å². The molecule has 6 heteroatoms. The van der Waals surface area contributed by atoms with E-state index in [4.69, 9.17) is 4.74 Å². The molecule has 3 aromatic rings. The van der Waals surface area contributed by atoms with Gasteiger partial charge in [-0.15, -0.1) is 0 Å². The number of ether oxygens (including phenoxy) is 1. The first-order valence-electron chi connectivity index (χ1n) is 8.96. The molecule has 6 nitrogen and oxygen atoms in total. The van der Waals surface area contributed by atoms with Crippen LogP contribution in [0.2, 0.25) is 0 Å². The van der Waals surface area contributed by atoms with Gasteiger partial charge in [-0.3, -0.25) is 14.6 Å². The molecule has 1 aromatic heterocycles. The van der Waals surface area contributed by atoms with Crippen LogP contribution in [0.3, 0.4) is 0 Å². The second kappa shape index (κ2) is 9.87. The minimum absolute atomic E-state index is 0.121. The Labute approximate surface area is 163 Å². The Hall–Kier alpha value is -3.67. The number of aromatic nitrogens is 1. The first-order chi connectivity index (χ1) is 13.7. The molecule has 3 rings (SSSR count). The van der Waals surface area contributed by atoms with Crippen LogP contribution in [-0.2, 0) is 11.3 Å². The summed E-state index contributed by atoms with van der Waals surface area (Å²) in [5.41, 5.74) is 1.94. The first kappa shape index (κ1) is 19.1. The largest absolute Gasteiger partial charge is 0.493 e. The molecule has 0 aliphatic rings. The Balaban J connectivity index is 1.50. The smallest absolute Gasteiger partial charge is 0.257 e. The molecule has 0 atom stereocenters. The zero-order valence-corrected chi connectivity index (χ0v) is 15.3. The summed E-state index contributed by atoms with van der Waals surface area (Å²) in [6, 6.07) is 20.1. The Morgan fingerprint density at radius 1 is 0.929 bits per heavy atom. The summed E-state index contributed by atoms with van der Waals surface area (Å²) in [7, 11) is 0. The molecule has 0 radical (unpaired) electrons. The normalized spacial score (nSPS) is 10.1. The van der Waals surface area contributed by atoms with Crippen LogP contribution in [0.25, 0.3) is 0 Å². The van der Waals surface area contributed by atoms with E-state index in [-0.39, 0.29) is 18.2 Å². The molecular weight excluding hydrogens is 354 g/mol. The van der Waals surface area contributed by atoms with Crippen LogP contribution in [0, 0.1) is 0 Å². The Morgan fingerprint density at radius 2 is 1.71 bits per heavy atom. The van der Waals surface area contributed by atoms with Crippen molar-refractivity contribution in [3.8, 4) is 5.75 Å². The highest BCUT2D eigenvalue weighted by Crippen LogP contribution is 2.16. The molecular formula is C22H21N3O3. The number of nitrogens with zero attached hydrogens (tertiary/aromatic N) is 1. The van der Waals surface area contributed by atoms with Crippen LogP contribution in [0.1, 0.15) is 22.3 Å². The van der Waals surface area contributed by atoms with Gasteiger partial charge in [0.25, 0.3) is 5.91 Å². The molecule has 0 aliphatic heterocycles. The van der Waals surface area contributed by atoms with Crippen molar-refractivity contribution in [1.82, 2.24) is 10.3 Å². The van der Waals surface area contributed by atoms with Crippen molar-refractivity contribution < 1.29 is 14.3 Å². The van der Waals surface area contributed by atoms with Gasteiger partial charge in [0.2, 0.25) is 5.91 Å². The molecule has 0 unspecified atom stereocenters. The lowest BCUT2D eigenvalue weighted by atomic mass is 10.1. The highest BCUT2D eigenvalue weighted by Gasteiger charge is 2.10. The Bertz CT molecular complexity index is 915. The van der Waals surface area contributed by atoms with Gasteiger partial charge in [-0.1, -0.05) is 36.4 Å². The highest BCUT2D eigenvalue weighted by molar-refractivity contribution is 6.04. The number of para-hydroxylation sites is 2. The minimum atomic E-state index is -0.247. The zero-order chi connectivity index (χ0) is 19.6. The second-order valence-electron chi connectivity index (χ2n) is 6.04. The van der Waals surface area contributed by atoms with E-state index in [2.05, 4.69) is 15.6 Å². The molecule has 0 aliphatic carbocycles. The molecule has 0 spiro atoms. The Morgan fingerprint density at radius 3 is 2.50 bits per heavy atom. The van der Waals surface area contributed by atoms with E-state index in [1.54, 1.807) is 24.4 Å². The van der Waals surface area contributed by atoms with E-state index in [0.717, 1.165) is 11.3 Å². The fourth-order valence-corrected chi connectivity index (χ4v) is 2.55. The average Bonchev–Trinajstić information content (AvgIpc) is 2.74. The van der Waals surface area contributed by atoms with Crippen molar-refractivity contribution in [2.24, 2.45) is 0 Å². The van der Waals surface area contributed by atoms with Gasteiger partial charge in [-0.05, 0) is 35.9 Å². The van der Waals surface area contributed by atoms with Gasteiger partial charge >= 0.3 is 0 Å². The summed E-state index contributed by atoms with van der Waals surface area (Å²) in [5, 5.41) is 5.72. The van der Waals surface area contributed by atoms with E-state index in [0.29, 0.717) is 24.4 Å². The number of hydrogen-bond donors (Lipinski definition) is 2. The van der Waals surface area contributed by atoms with Crippen LogP contribution < -0.4 is 15.4 Å². The predicted molar refractivity (Wildman–Crippen MR) is 107 cm³/mol. The lowest BCUT2D eigenvalue weighted by Gasteiger charge is -2.12. The fraction of sp³-hybridized carbons (Fsp3) is 0.136. The lowest BCUT2D eigenvalue weighted by Crippen LogP contribution is -2.25. The fourth-order valence-electron chi connectivity index (χ4n) is 2.55. The van der Waals surface area contributed by atoms with E-state index in [1.165, 1.54) is 6.20 Å². The third-order valence-electron chi connectivity index (χ3n) is 4.01. The van der Waals surface area contributed by atoms with Gasteiger partial charge in [-0.2, -0.15) is 0 Å². The number of pyridine rings is 1. The molecule has 0 saturated carbocycles. The SMILES string of the molecule is O=C(CCOc1ccccc1)NCc1ccccc1NC(=O)c1cccnc1. The number of amides is 2. The summed E-state index contributed by atoms with van der Waals surface area (Å²) >= 11 is 0. The van der Waals surface area contributed by atoms with Crippen molar-refractivity contribution in [1.29, 1.82) is 0 Å². The van der Waals surface area contributed by atoms with Crippen LogP contribution in [-0.4, -0.2) is 23.4 Å². The number of rotatable bonds is 8. The van der Waals surface area contributed by atoms with Gasteiger partial charge in [0.15, 0.2) is 0 Å². The van der Waals surface area contributed by atoms with Crippen molar-refractivity contribution in [3.63, 3.8) is 0 Å². The number of benzene rings is 2. The van der Waals surface area contributed by atoms with Crippen LogP contribution in [0.15, 0.2) is 79.1 Å². The van der Waals surface area contributed by atoms with Crippen LogP contribution in [0.4, 0.5) is 5.69 Å². The summed E-state index contributed by atoms with van der Waals surface area (Å²) in [6.07, 6.45) is 3.37. The van der Waals surface area contributed by atoms with Gasteiger partial charge in [0, 0.05) is 24.6 Å². The van der Waals surface area contributed by atoms with Crippen molar-refractivity contribution >= 4 is 17.5 Å². The third kappa shape index (κ3) is 5.67. The highest BCUT2D eigenvalue weighted by atomic mass is 16.5. The second-order valence-corrected chi connectivity index (χ2v) is 6.04. The first-order valence-corrected chi connectivity index (χ1v) is 8.96. The van der Waals surface area contributed by atoms with Gasteiger partial charge in [0.1, 0.15) is 5.75 Å². The zero-order valence-electron chi connectivity index (χ0n) is 15.3. The van der Waals surface area contributed by atoms with Crippen LogP contribution >= 0.6 is 0 Å². The van der Waals surface area contributed by atoms with E-state index < -0.39 is 0 Å². The predicted octanol–water partition coefficient (Wildman–Crippen LogP) is 3.42. The van der Waals surface area contributed by atoms with Crippen molar-refractivity contribution in [2.75, 3.05) is 11.9 Å². The minimum Gasteiger partial charge on any atom is -0.493 e. The molecule has 2 amide bonds. The average molecular weight is 375 g/mol. The maximum atomic E-state index is 12.3. The van der Waals surface area contributed by atoms with Gasteiger partial charge in [-0.25, -0.2) is 0 Å². The molecule has 0 saturated heterocycles. The standard InChI is InChI=1S/C22H21N3O3/c26-21(12-14-28-19-9-2-1-3-10-19)24-16-17-7-4-5-11-20(17)25-22(27)18-8-6-13-23-15-18/h1-11,13,15H,12,14,16H2,(H,24,26)(H,25,27). The summed E-state index contributed by atoms with van der Waals surface area (Å²) in [5.74, 6) is 0.367. The Kier molecular flexibility index (Phi) is 6.73. The van der Waals surface area contributed by atoms with Crippen LogP contribution in [0.5, 0.6) is 5.75 Å². The van der Waals surface area contributed by atoms with Crippen molar-refractivity contribution in [3.05, 3.63) is 90.3 Å². The summed E-state index contributed by atoms with van der Waals surface area (Å²) in [4.78, 5) is 28.4. The number of anilines is 1. The molecule has 2 N–H and O–H groups in total. The molecule has 0 bridgehead atoms. The molecule has 2 aromatic carbocycles. The molecule has 1 heterocycles. The lowest BCUT2D eigenvalue weighted by molar-refractivity contribution is -0.121. The monoisotopic (exact) mass is 375 g/mol. The maximum absolute atomic E-state index is 12.3. The van der Waals surface area contributed by atoms with E-state index in [1.807, 2.05) is 48.5 Å². The molecule has 142 valence electrons.